The number of rotatable bonds is 8. The van der Waals surface area contributed by atoms with E-state index >= 15 is 0 Å². The van der Waals surface area contributed by atoms with Gasteiger partial charge in [0.25, 0.3) is 0 Å². The van der Waals surface area contributed by atoms with E-state index in [1.807, 2.05) is 6.92 Å². The van der Waals surface area contributed by atoms with Crippen molar-refractivity contribution >= 4 is 23.4 Å². The predicted octanol–water partition coefficient (Wildman–Crippen LogP) is 3.50. The topological polar surface area (TPSA) is 66.8 Å². The van der Waals surface area contributed by atoms with Gasteiger partial charge in [0, 0.05) is 24.5 Å². The Morgan fingerprint density at radius 3 is 2.92 bits per heavy atom. The second-order valence-corrected chi connectivity index (χ2v) is 6.58. The Bertz CT molecular complexity index is 590. The van der Waals surface area contributed by atoms with E-state index in [-0.39, 0.29) is 11.7 Å². The van der Waals surface area contributed by atoms with Gasteiger partial charge in [-0.05, 0) is 44.0 Å². The van der Waals surface area contributed by atoms with Crippen molar-refractivity contribution in [1.82, 2.24) is 4.90 Å². The quantitative estimate of drug-likeness (QED) is 0.724. The Morgan fingerprint density at radius 2 is 2.21 bits per heavy atom. The Morgan fingerprint density at radius 1 is 1.42 bits per heavy atom. The summed E-state index contributed by atoms with van der Waals surface area (Å²) < 4.78 is 5.63. The maximum absolute atomic E-state index is 12.6. The lowest BCUT2D eigenvalue weighted by Crippen LogP contribution is -2.39. The molecule has 1 heterocycles. The van der Waals surface area contributed by atoms with Gasteiger partial charge < -0.3 is 14.7 Å². The second-order valence-electron chi connectivity index (χ2n) is 6.14. The van der Waals surface area contributed by atoms with Gasteiger partial charge in [0.05, 0.1) is 18.1 Å². The minimum atomic E-state index is -0.754. The number of ketones is 1. The van der Waals surface area contributed by atoms with Crippen molar-refractivity contribution in [3.05, 3.63) is 28.8 Å². The van der Waals surface area contributed by atoms with Crippen LogP contribution in [0.3, 0.4) is 0 Å². The first-order valence-corrected chi connectivity index (χ1v) is 8.79. The number of hydrogen-bond acceptors (Lipinski definition) is 4. The minimum Gasteiger partial charge on any atom is -0.493 e. The number of Topliss-reactive ketones (excluding diaryl/α,β-unsaturated/α-hetero) is 1. The summed E-state index contributed by atoms with van der Waals surface area (Å²) in [4.78, 5) is 25.7. The van der Waals surface area contributed by atoms with Gasteiger partial charge in [0.15, 0.2) is 5.78 Å². The van der Waals surface area contributed by atoms with Gasteiger partial charge in [0.1, 0.15) is 5.75 Å². The average Bonchev–Trinajstić information content (AvgIpc) is 2.58. The average molecular weight is 354 g/mol. The summed E-state index contributed by atoms with van der Waals surface area (Å²) in [5, 5.41) is 9.64. The molecule has 2 rings (SSSR count). The lowest BCUT2D eigenvalue weighted by molar-refractivity contribution is -0.143. The fourth-order valence-corrected chi connectivity index (χ4v) is 3.08. The molecule has 1 unspecified atom stereocenters. The molecule has 1 N–H and O–H groups in total. The van der Waals surface area contributed by atoms with Crippen LogP contribution in [0.1, 0.15) is 43.0 Å². The summed E-state index contributed by atoms with van der Waals surface area (Å²) in [6.45, 7) is 4.46. The molecule has 132 valence electrons. The SMILES string of the molecule is CCCOc1ccc(Cl)cc1C(=O)CCN1CCCC(C(=O)O)C1. The third-order valence-electron chi connectivity index (χ3n) is 4.21. The molecule has 0 bridgehead atoms. The number of carboxylic acids is 1. The summed E-state index contributed by atoms with van der Waals surface area (Å²) in [6, 6.07) is 5.09. The maximum Gasteiger partial charge on any atom is 0.307 e. The van der Waals surface area contributed by atoms with Gasteiger partial charge in [0.2, 0.25) is 0 Å². The molecular formula is C18H24ClNO4. The van der Waals surface area contributed by atoms with Crippen LogP contribution in [0.2, 0.25) is 5.02 Å². The van der Waals surface area contributed by atoms with Gasteiger partial charge in [-0.2, -0.15) is 0 Å². The number of halogens is 1. The third kappa shape index (κ3) is 5.21. The zero-order valence-corrected chi connectivity index (χ0v) is 14.7. The zero-order valence-electron chi connectivity index (χ0n) is 14.0. The van der Waals surface area contributed by atoms with Crippen LogP contribution < -0.4 is 4.74 Å². The third-order valence-corrected chi connectivity index (χ3v) is 4.45. The molecule has 0 amide bonds. The number of likely N-dealkylation sites (tertiary alicyclic amines) is 1. The highest BCUT2D eigenvalue weighted by Crippen LogP contribution is 2.25. The number of aliphatic carboxylic acids is 1. The van der Waals surface area contributed by atoms with Crippen LogP contribution in [0.15, 0.2) is 18.2 Å². The van der Waals surface area contributed by atoms with E-state index in [4.69, 9.17) is 21.4 Å². The summed E-state index contributed by atoms with van der Waals surface area (Å²) in [6.07, 6.45) is 2.76. The number of piperidine rings is 1. The van der Waals surface area contributed by atoms with E-state index in [0.29, 0.717) is 48.9 Å². The molecular weight excluding hydrogens is 330 g/mol. The summed E-state index contributed by atoms with van der Waals surface area (Å²) in [5.74, 6) is -0.547. The Kier molecular flexibility index (Phi) is 7.06. The summed E-state index contributed by atoms with van der Waals surface area (Å²) >= 11 is 6.01. The highest BCUT2D eigenvalue weighted by Gasteiger charge is 2.25. The van der Waals surface area contributed by atoms with Crippen molar-refractivity contribution in [3.8, 4) is 5.75 Å². The zero-order chi connectivity index (χ0) is 17.5. The fourth-order valence-electron chi connectivity index (χ4n) is 2.91. The van der Waals surface area contributed by atoms with Crippen molar-refractivity contribution in [2.24, 2.45) is 5.92 Å². The Balaban J connectivity index is 1.97. The van der Waals surface area contributed by atoms with Gasteiger partial charge in [-0.15, -0.1) is 0 Å². The van der Waals surface area contributed by atoms with Crippen LogP contribution >= 0.6 is 11.6 Å². The van der Waals surface area contributed by atoms with E-state index in [2.05, 4.69) is 4.90 Å². The van der Waals surface area contributed by atoms with Gasteiger partial charge in [-0.25, -0.2) is 0 Å². The lowest BCUT2D eigenvalue weighted by atomic mass is 9.98. The molecule has 5 nitrogen and oxygen atoms in total. The fraction of sp³-hybridized carbons (Fsp3) is 0.556. The van der Waals surface area contributed by atoms with Crippen LogP contribution in [0.5, 0.6) is 5.75 Å². The summed E-state index contributed by atoms with van der Waals surface area (Å²) in [7, 11) is 0. The highest BCUT2D eigenvalue weighted by molar-refractivity contribution is 6.31. The molecule has 0 radical (unpaired) electrons. The van der Waals surface area contributed by atoms with Crippen molar-refractivity contribution in [3.63, 3.8) is 0 Å². The highest BCUT2D eigenvalue weighted by atomic mass is 35.5. The molecule has 1 fully saturated rings. The molecule has 1 aliphatic rings. The molecule has 1 aromatic rings. The first-order valence-electron chi connectivity index (χ1n) is 8.42. The number of nitrogens with zero attached hydrogens (tertiary/aromatic N) is 1. The minimum absolute atomic E-state index is 0.0268. The molecule has 6 heteroatoms. The Labute approximate surface area is 147 Å². The number of ether oxygens (including phenoxy) is 1. The standard InChI is InChI=1S/C18H24ClNO4/c1-2-10-24-17-6-5-14(19)11-15(17)16(21)7-9-20-8-3-4-13(12-20)18(22)23/h5-6,11,13H,2-4,7-10,12H2,1H3,(H,22,23). The molecule has 1 saturated heterocycles. The molecule has 0 aromatic heterocycles. The summed E-state index contributed by atoms with van der Waals surface area (Å²) in [5.41, 5.74) is 0.503. The van der Waals surface area contributed by atoms with E-state index < -0.39 is 5.97 Å². The molecule has 1 aliphatic heterocycles. The van der Waals surface area contributed by atoms with Crippen LogP contribution in [0, 0.1) is 5.92 Å². The van der Waals surface area contributed by atoms with Crippen LogP contribution in [0.25, 0.3) is 0 Å². The first-order chi connectivity index (χ1) is 11.5. The monoisotopic (exact) mass is 353 g/mol. The number of carbonyl (C=O) groups excluding carboxylic acids is 1. The number of carboxylic acid groups (broad SMARTS) is 1. The Hall–Kier alpha value is -1.59. The molecule has 0 aliphatic carbocycles. The number of benzene rings is 1. The number of hydrogen-bond donors (Lipinski definition) is 1. The largest absolute Gasteiger partial charge is 0.493 e. The normalized spacial score (nSPS) is 18.3. The van der Waals surface area contributed by atoms with E-state index in [9.17, 15) is 9.59 Å². The van der Waals surface area contributed by atoms with E-state index in [1.54, 1.807) is 18.2 Å². The molecule has 1 atom stereocenters. The molecule has 1 aromatic carbocycles. The maximum atomic E-state index is 12.6. The molecule has 0 spiro atoms. The van der Waals surface area contributed by atoms with Crippen LogP contribution in [-0.4, -0.2) is 48.0 Å². The van der Waals surface area contributed by atoms with Gasteiger partial charge >= 0.3 is 5.97 Å². The predicted molar refractivity (Wildman–Crippen MR) is 93.0 cm³/mol. The van der Waals surface area contributed by atoms with E-state index in [1.165, 1.54) is 0 Å². The van der Waals surface area contributed by atoms with Gasteiger partial charge in [-0.1, -0.05) is 18.5 Å². The smallest absolute Gasteiger partial charge is 0.307 e. The van der Waals surface area contributed by atoms with Gasteiger partial charge in [-0.3, -0.25) is 9.59 Å². The molecule has 24 heavy (non-hydrogen) atoms. The van der Waals surface area contributed by atoms with Crippen LogP contribution in [-0.2, 0) is 4.79 Å². The lowest BCUT2D eigenvalue weighted by Gasteiger charge is -2.30. The van der Waals surface area contributed by atoms with Crippen LogP contribution in [0.4, 0.5) is 0 Å². The number of carbonyl (C=O) groups is 2. The molecule has 0 saturated carbocycles. The van der Waals surface area contributed by atoms with Crippen molar-refractivity contribution in [2.75, 3.05) is 26.2 Å². The van der Waals surface area contributed by atoms with E-state index in [0.717, 1.165) is 19.4 Å². The first kappa shape index (κ1) is 18.7. The van der Waals surface area contributed by atoms with Crippen molar-refractivity contribution in [2.45, 2.75) is 32.6 Å². The van der Waals surface area contributed by atoms with Crippen molar-refractivity contribution < 1.29 is 19.4 Å². The second kappa shape index (κ2) is 9.04. The van der Waals surface area contributed by atoms with Crippen molar-refractivity contribution in [1.29, 1.82) is 0 Å².